The maximum absolute atomic E-state index is 13.3. The summed E-state index contributed by atoms with van der Waals surface area (Å²) in [5.74, 6) is -0.286. The number of nitrogens with one attached hydrogen (secondary N) is 2. The first-order valence-electron chi connectivity index (χ1n) is 7.22. The van der Waals surface area contributed by atoms with Crippen LogP contribution in [0.4, 0.5) is 4.39 Å². The Morgan fingerprint density at radius 3 is 2.90 bits per heavy atom. The van der Waals surface area contributed by atoms with Crippen molar-refractivity contribution in [3.8, 4) is 0 Å². The molecule has 1 aromatic carbocycles. The van der Waals surface area contributed by atoms with Gasteiger partial charge >= 0.3 is 0 Å². The second kappa shape index (κ2) is 6.54. The molecule has 1 amide bonds. The third kappa shape index (κ3) is 4.02. The van der Waals surface area contributed by atoms with Gasteiger partial charge in [0, 0.05) is 25.6 Å². The SMILES string of the molecule is CO[C@H]1CN[C@@H](C(=O)NCC(C)(C)c2cccc(F)c2)C1. The Kier molecular flexibility index (Phi) is 4.96. The Labute approximate surface area is 125 Å². The highest BCUT2D eigenvalue weighted by Crippen LogP contribution is 2.23. The third-order valence-electron chi connectivity index (χ3n) is 4.05. The van der Waals surface area contributed by atoms with Crippen molar-refractivity contribution in [3.05, 3.63) is 35.6 Å². The molecular weight excluding hydrogens is 271 g/mol. The molecule has 0 aromatic heterocycles. The van der Waals surface area contributed by atoms with Crippen LogP contribution < -0.4 is 10.6 Å². The fourth-order valence-electron chi connectivity index (χ4n) is 2.53. The predicted molar refractivity (Wildman–Crippen MR) is 79.6 cm³/mol. The van der Waals surface area contributed by atoms with Crippen LogP contribution in [0.1, 0.15) is 25.8 Å². The average molecular weight is 294 g/mol. The molecule has 21 heavy (non-hydrogen) atoms. The maximum Gasteiger partial charge on any atom is 0.237 e. The lowest BCUT2D eigenvalue weighted by Gasteiger charge is -2.26. The number of hydrogen-bond acceptors (Lipinski definition) is 3. The van der Waals surface area contributed by atoms with E-state index >= 15 is 0 Å². The number of benzene rings is 1. The van der Waals surface area contributed by atoms with E-state index in [1.165, 1.54) is 12.1 Å². The molecule has 2 rings (SSSR count). The highest BCUT2D eigenvalue weighted by Gasteiger charge is 2.30. The summed E-state index contributed by atoms with van der Waals surface area (Å²) in [5, 5.41) is 6.09. The van der Waals surface area contributed by atoms with Gasteiger partial charge in [-0.25, -0.2) is 4.39 Å². The van der Waals surface area contributed by atoms with Crippen LogP contribution in [0, 0.1) is 5.82 Å². The van der Waals surface area contributed by atoms with Crippen LogP contribution in [0.2, 0.25) is 0 Å². The molecule has 1 heterocycles. The van der Waals surface area contributed by atoms with Crippen LogP contribution in [0.25, 0.3) is 0 Å². The van der Waals surface area contributed by atoms with Gasteiger partial charge in [0.2, 0.25) is 5.91 Å². The van der Waals surface area contributed by atoms with E-state index in [9.17, 15) is 9.18 Å². The zero-order valence-corrected chi connectivity index (χ0v) is 12.8. The number of carbonyl (C=O) groups is 1. The van der Waals surface area contributed by atoms with Gasteiger partial charge in [0.05, 0.1) is 12.1 Å². The number of carbonyl (C=O) groups excluding carboxylic acids is 1. The van der Waals surface area contributed by atoms with E-state index in [4.69, 9.17) is 4.74 Å². The number of rotatable bonds is 5. The van der Waals surface area contributed by atoms with Crippen LogP contribution >= 0.6 is 0 Å². The van der Waals surface area contributed by atoms with Crippen molar-refractivity contribution >= 4 is 5.91 Å². The normalized spacial score (nSPS) is 22.3. The van der Waals surface area contributed by atoms with Gasteiger partial charge in [-0.2, -0.15) is 0 Å². The summed E-state index contributed by atoms with van der Waals surface area (Å²) >= 11 is 0. The minimum atomic E-state index is -0.322. The van der Waals surface area contributed by atoms with Crippen molar-refractivity contribution < 1.29 is 13.9 Å². The Morgan fingerprint density at radius 1 is 1.52 bits per heavy atom. The van der Waals surface area contributed by atoms with Crippen LogP contribution in [0.5, 0.6) is 0 Å². The average Bonchev–Trinajstić information content (AvgIpc) is 2.94. The fourth-order valence-corrected chi connectivity index (χ4v) is 2.53. The number of amides is 1. The molecular formula is C16H23FN2O2. The molecule has 2 atom stereocenters. The lowest BCUT2D eigenvalue weighted by Crippen LogP contribution is -2.45. The van der Waals surface area contributed by atoms with Gasteiger partial charge in [0.15, 0.2) is 0 Å². The van der Waals surface area contributed by atoms with Gasteiger partial charge in [-0.3, -0.25) is 4.79 Å². The molecule has 1 aliphatic rings. The summed E-state index contributed by atoms with van der Waals surface area (Å²) in [6, 6.07) is 6.30. The molecule has 1 fully saturated rings. The molecule has 2 N–H and O–H groups in total. The van der Waals surface area contributed by atoms with E-state index in [0.717, 1.165) is 5.56 Å². The summed E-state index contributed by atoms with van der Waals surface area (Å²) in [4.78, 5) is 12.1. The Bertz CT molecular complexity index is 505. The summed E-state index contributed by atoms with van der Waals surface area (Å²) in [6.07, 6.45) is 0.778. The highest BCUT2D eigenvalue weighted by molar-refractivity contribution is 5.82. The van der Waals surface area contributed by atoms with Crippen molar-refractivity contribution in [2.75, 3.05) is 20.2 Å². The molecule has 5 heteroatoms. The molecule has 4 nitrogen and oxygen atoms in total. The van der Waals surface area contributed by atoms with Crippen molar-refractivity contribution in [2.45, 2.75) is 37.8 Å². The Morgan fingerprint density at radius 2 is 2.29 bits per heavy atom. The zero-order valence-electron chi connectivity index (χ0n) is 12.8. The fraction of sp³-hybridized carbons (Fsp3) is 0.562. The summed E-state index contributed by atoms with van der Waals surface area (Å²) < 4.78 is 18.5. The van der Waals surface area contributed by atoms with Crippen LogP contribution in [-0.4, -0.2) is 38.3 Å². The number of methoxy groups -OCH3 is 1. The maximum atomic E-state index is 13.3. The molecule has 0 bridgehead atoms. The number of hydrogen-bond donors (Lipinski definition) is 2. The van der Waals surface area contributed by atoms with Crippen molar-refractivity contribution in [1.82, 2.24) is 10.6 Å². The lowest BCUT2D eigenvalue weighted by atomic mass is 9.84. The van der Waals surface area contributed by atoms with Gasteiger partial charge < -0.3 is 15.4 Å². The molecule has 0 unspecified atom stereocenters. The summed E-state index contributed by atoms with van der Waals surface area (Å²) in [6.45, 7) is 5.14. The molecule has 1 aliphatic heterocycles. The monoisotopic (exact) mass is 294 g/mol. The standard InChI is InChI=1S/C16H23FN2O2/c1-16(2,11-5-4-6-12(17)7-11)10-19-15(20)14-8-13(21-3)9-18-14/h4-7,13-14,18H,8-10H2,1-3H3,(H,19,20)/t13-,14-/m1/s1. The third-order valence-corrected chi connectivity index (χ3v) is 4.05. The largest absolute Gasteiger partial charge is 0.380 e. The van der Waals surface area contributed by atoms with E-state index in [1.807, 2.05) is 19.9 Å². The Hall–Kier alpha value is -1.46. The minimum absolute atomic E-state index is 0.0287. The van der Waals surface area contributed by atoms with E-state index < -0.39 is 0 Å². The lowest BCUT2D eigenvalue weighted by molar-refractivity contribution is -0.123. The van der Waals surface area contributed by atoms with E-state index in [1.54, 1.807) is 13.2 Å². The molecule has 1 saturated heterocycles. The van der Waals surface area contributed by atoms with Crippen LogP contribution in [0.3, 0.4) is 0 Å². The van der Waals surface area contributed by atoms with E-state index in [-0.39, 0.29) is 29.3 Å². The minimum Gasteiger partial charge on any atom is -0.380 e. The molecule has 0 radical (unpaired) electrons. The number of halogens is 1. The topological polar surface area (TPSA) is 50.4 Å². The van der Waals surface area contributed by atoms with Crippen molar-refractivity contribution in [2.24, 2.45) is 0 Å². The van der Waals surface area contributed by atoms with Crippen molar-refractivity contribution in [3.63, 3.8) is 0 Å². The molecule has 1 aromatic rings. The summed E-state index contributed by atoms with van der Waals surface area (Å²) in [5.41, 5.74) is 0.550. The first-order chi connectivity index (χ1) is 9.92. The highest BCUT2D eigenvalue weighted by atomic mass is 19.1. The quantitative estimate of drug-likeness (QED) is 0.867. The number of ether oxygens (including phenoxy) is 1. The van der Waals surface area contributed by atoms with Gasteiger partial charge in [-0.15, -0.1) is 0 Å². The van der Waals surface area contributed by atoms with Crippen LogP contribution in [0.15, 0.2) is 24.3 Å². The van der Waals surface area contributed by atoms with Gasteiger partial charge in [-0.05, 0) is 24.1 Å². The second-order valence-corrected chi connectivity index (χ2v) is 6.17. The second-order valence-electron chi connectivity index (χ2n) is 6.17. The molecule has 116 valence electrons. The molecule has 0 aliphatic carbocycles. The predicted octanol–water partition coefficient (Wildman–Crippen LogP) is 1.60. The van der Waals surface area contributed by atoms with Crippen molar-refractivity contribution in [1.29, 1.82) is 0 Å². The molecule has 0 saturated carbocycles. The first-order valence-corrected chi connectivity index (χ1v) is 7.22. The zero-order chi connectivity index (χ0) is 15.5. The van der Waals surface area contributed by atoms with Crippen LogP contribution in [-0.2, 0) is 14.9 Å². The smallest absolute Gasteiger partial charge is 0.237 e. The summed E-state index contributed by atoms with van der Waals surface area (Å²) in [7, 11) is 1.65. The molecule has 0 spiro atoms. The van der Waals surface area contributed by atoms with E-state index in [0.29, 0.717) is 19.5 Å². The Balaban J connectivity index is 1.91. The van der Waals surface area contributed by atoms with Gasteiger partial charge in [-0.1, -0.05) is 26.0 Å². The van der Waals surface area contributed by atoms with Gasteiger partial charge in [0.1, 0.15) is 5.82 Å². The van der Waals surface area contributed by atoms with E-state index in [2.05, 4.69) is 10.6 Å². The van der Waals surface area contributed by atoms with Gasteiger partial charge in [0.25, 0.3) is 0 Å². The first kappa shape index (κ1) is 15.9.